The topological polar surface area (TPSA) is 131 Å². The van der Waals surface area contributed by atoms with Gasteiger partial charge in [0.1, 0.15) is 37.7 Å². The fourth-order valence-corrected chi connectivity index (χ4v) is 5.71. The average molecular weight is 723 g/mol. The van der Waals surface area contributed by atoms with E-state index in [1.54, 1.807) is 12.1 Å². The van der Waals surface area contributed by atoms with E-state index in [4.69, 9.17) is 28.4 Å². The highest BCUT2D eigenvalue weighted by Gasteiger charge is 2.41. The van der Waals surface area contributed by atoms with Crippen LogP contribution < -0.4 is 10.6 Å². The molecule has 0 radical (unpaired) electrons. The maximum Gasteiger partial charge on any atom is 0.408 e. The van der Waals surface area contributed by atoms with Gasteiger partial charge in [-0.2, -0.15) is 0 Å². The van der Waals surface area contributed by atoms with Crippen LogP contribution in [0, 0.1) is 0 Å². The van der Waals surface area contributed by atoms with Gasteiger partial charge in [-0.3, -0.25) is 4.79 Å². The first kappa shape index (κ1) is 38.9. The number of alkyl carbamates (subject to hydrolysis) is 1. The Kier molecular flexibility index (Phi) is 15.6. The second-order valence-corrected chi connectivity index (χ2v) is 12.4. The molecule has 0 spiro atoms. The molecule has 1 fully saturated rings. The van der Waals surface area contributed by atoms with Crippen molar-refractivity contribution in [3.63, 3.8) is 0 Å². The van der Waals surface area contributed by atoms with Crippen molar-refractivity contribution in [1.29, 1.82) is 0 Å². The molecule has 2 amide bonds. The van der Waals surface area contributed by atoms with Crippen LogP contribution in [-0.4, -0.2) is 61.8 Å². The molecule has 53 heavy (non-hydrogen) atoms. The molecule has 1 heterocycles. The van der Waals surface area contributed by atoms with Crippen LogP contribution in [0.4, 0.5) is 4.79 Å². The molecule has 1 saturated heterocycles. The Hall–Kier alpha value is -5.33. The van der Waals surface area contributed by atoms with Crippen molar-refractivity contribution >= 4 is 18.0 Å². The van der Waals surface area contributed by atoms with Crippen molar-refractivity contribution < 1.29 is 42.8 Å². The summed E-state index contributed by atoms with van der Waals surface area (Å²) >= 11 is 0. The second-order valence-electron chi connectivity index (χ2n) is 12.4. The van der Waals surface area contributed by atoms with Gasteiger partial charge in [-0.25, -0.2) is 9.59 Å². The monoisotopic (exact) mass is 722 g/mol. The SMILES string of the molecule is C=CCOC(=O)[C@H](CC(=O)N[C@@H]1C[C@@H](OCc2ccccc2)[C@@H](OCc2ccccc2)[C@@H](COCc2ccccc2)O1)NC(=O)OCc1ccccc1. The van der Waals surface area contributed by atoms with E-state index in [0.717, 1.165) is 22.3 Å². The molecule has 0 aliphatic carbocycles. The molecule has 11 nitrogen and oxygen atoms in total. The van der Waals surface area contributed by atoms with Crippen LogP contribution in [0.2, 0.25) is 0 Å². The van der Waals surface area contributed by atoms with Gasteiger partial charge in [-0.1, -0.05) is 134 Å². The lowest BCUT2D eigenvalue weighted by molar-refractivity contribution is -0.225. The molecule has 5 rings (SSSR count). The third-order valence-corrected chi connectivity index (χ3v) is 8.35. The van der Waals surface area contributed by atoms with Crippen LogP contribution >= 0.6 is 0 Å². The Morgan fingerprint density at radius 1 is 0.717 bits per heavy atom. The van der Waals surface area contributed by atoms with Gasteiger partial charge in [0.05, 0.1) is 39.0 Å². The van der Waals surface area contributed by atoms with Gasteiger partial charge in [0.25, 0.3) is 0 Å². The van der Waals surface area contributed by atoms with Gasteiger partial charge < -0.3 is 39.1 Å². The van der Waals surface area contributed by atoms with E-state index in [2.05, 4.69) is 17.2 Å². The molecular formula is C42H46N2O9. The summed E-state index contributed by atoms with van der Waals surface area (Å²) in [6.45, 7) is 4.56. The number of hydrogen-bond donors (Lipinski definition) is 2. The van der Waals surface area contributed by atoms with Crippen LogP contribution in [0.25, 0.3) is 0 Å². The van der Waals surface area contributed by atoms with Crippen LogP contribution in [0.15, 0.2) is 134 Å². The molecule has 278 valence electrons. The minimum absolute atomic E-state index is 0.0190. The molecule has 11 heteroatoms. The number of hydrogen-bond acceptors (Lipinski definition) is 9. The predicted octanol–water partition coefficient (Wildman–Crippen LogP) is 6.02. The van der Waals surface area contributed by atoms with E-state index in [-0.39, 0.29) is 26.2 Å². The molecule has 4 aromatic rings. The summed E-state index contributed by atoms with van der Waals surface area (Å²) in [5.41, 5.74) is 3.72. The summed E-state index contributed by atoms with van der Waals surface area (Å²) in [4.78, 5) is 39.1. The minimum Gasteiger partial charge on any atom is -0.460 e. The lowest BCUT2D eigenvalue weighted by Crippen LogP contribution is -2.57. The molecule has 2 N–H and O–H groups in total. The number of amides is 2. The summed E-state index contributed by atoms with van der Waals surface area (Å²) in [5.74, 6) is -1.37. The van der Waals surface area contributed by atoms with Crippen LogP contribution in [-0.2, 0) is 64.4 Å². The highest BCUT2D eigenvalue weighted by Crippen LogP contribution is 2.27. The first-order valence-electron chi connectivity index (χ1n) is 17.6. The zero-order valence-corrected chi connectivity index (χ0v) is 29.5. The third-order valence-electron chi connectivity index (χ3n) is 8.35. The first-order chi connectivity index (χ1) is 26.0. The highest BCUT2D eigenvalue weighted by molar-refractivity contribution is 5.88. The fraction of sp³-hybridized carbons (Fsp3) is 0.310. The summed E-state index contributed by atoms with van der Waals surface area (Å²) in [6, 6.07) is 37.1. The zero-order valence-electron chi connectivity index (χ0n) is 29.5. The maximum absolute atomic E-state index is 13.5. The molecule has 0 aromatic heterocycles. The highest BCUT2D eigenvalue weighted by atomic mass is 16.6. The molecule has 0 bridgehead atoms. The van der Waals surface area contributed by atoms with Crippen molar-refractivity contribution in [2.24, 2.45) is 0 Å². The van der Waals surface area contributed by atoms with Crippen molar-refractivity contribution in [2.45, 2.75) is 69.9 Å². The molecule has 1 aliphatic heterocycles. The van der Waals surface area contributed by atoms with E-state index in [1.807, 2.05) is 109 Å². The van der Waals surface area contributed by atoms with Gasteiger partial charge in [-0.05, 0) is 22.3 Å². The first-order valence-corrected chi connectivity index (χ1v) is 17.6. The maximum atomic E-state index is 13.5. The van der Waals surface area contributed by atoms with Crippen molar-refractivity contribution in [1.82, 2.24) is 10.6 Å². The molecule has 4 aromatic carbocycles. The quantitative estimate of drug-likeness (QED) is 0.0882. The van der Waals surface area contributed by atoms with Crippen molar-refractivity contribution in [3.05, 3.63) is 156 Å². The predicted molar refractivity (Wildman–Crippen MR) is 197 cm³/mol. The Morgan fingerprint density at radius 2 is 1.25 bits per heavy atom. The number of benzene rings is 4. The summed E-state index contributed by atoms with van der Waals surface area (Å²) in [6.07, 6.45) is -2.21. The number of rotatable bonds is 19. The lowest BCUT2D eigenvalue weighted by atomic mass is 9.99. The van der Waals surface area contributed by atoms with Gasteiger partial charge in [0.2, 0.25) is 5.91 Å². The Morgan fingerprint density at radius 3 is 1.81 bits per heavy atom. The average Bonchev–Trinajstić information content (AvgIpc) is 3.19. The van der Waals surface area contributed by atoms with Gasteiger partial charge in [0.15, 0.2) is 0 Å². The number of ether oxygens (including phenoxy) is 6. The van der Waals surface area contributed by atoms with E-state index >= 15 is 0 Å². The molecular weight excluding hydrogens is 676 g/mol. The minimum atomic E-state index is -1.33. The van der Waals surface area contributed by atoms with E-state index in [1.165, 1.54) is 6.08 Å². The lowest BCUT2D eigenvalue weighted by Gasteiger charge is -2.41. The number of nitrogens with one attached hydrogen (secondary N) is 2. The van der Waals surface area contributed by atoms with Crippen LogP contribution in [0.1, 0.15) is 35.1 Å². The largest absolute Gasteiger partial charge is 0.460 e. The smallest absolute Gasteiger partial charge is 0.408 e. The molecule has 0 unspecified atom stereocenters. The molecule has 5 atom stereocenters. The summed E-state index contributed by atoms with van der Waals surface area (Å²) in [7, 11) is 0. The van der Waals surface area contributed by atoms with Crippen molar-refractivity contribution in [3.8, 4) is 0 Å². The summed E-state index contributed by atoms with van der Waals surface area (Å²) in [5, 5.41) is 5.35. The standard InChI is InChI=1S/C42H46N2O9/c1-2-23-49-41(46)35(43-42(47)52-29-34-21-13-6-14-22-34)24-38(45)44-39-25-36(50-27-32-17-9-4-10-18-32)40(51-28-33-19-11-5-12-20-33)37(53-39)30-48-26-31-15-7-3-8-16-31/h2-22,35-37,39-40H,1,23-30H2,(H,43,47)(H,44,45)/t35-,36+,37+,39-,40+/m0/s1. The van der Waals surface area contributed by atoms with Crippen LogP contribution in [0.3, 0.4) is 0 Å². The Labute approximate surface area is 310 Å². The molecule has 0 saturated carbocycles. The van der Waals surface area contributed by atoms with E-state index in [9.17, 15) is 14.4 Å². The third kappa shape index (κ3) is 13.3. The number of carbonyl (C=O) groups is 3. The van der Waals surface area contributed by atoms with Gasteiger partial charge in [0, 0.05) is 6.42 Å². The fourth-order valence-electron chi connectivity index (χ4n) is 5.71. The summed E-state index contributed by atoms with van der Waals surface area (Å²) < 4.78 is 36.0. The van der Waals surface area contributed by atoms with Gasteiger partial charge in [-0.15, -0.1) is 0 Å². The number of esters is 1. The van der Waals surface area contributed by atoms with Crippen LogP contribution in [0.5, 0.6) is 0 Å². The van der Waals surface area contributed by atoms with E-state index in [0.29, 0.717) is 19.8 Å². The normalized spacial score (nSPS) is 18.6. The second kappa shape index (κ2) is 21.3. The Bertz CT molecular complexity index is 1690. The van der Waals surface area contributed by atoms with Gasteiger partial charge >= 0.3 is 12.1 Å². The van der Waals surface area contributed by atoms with E-state index < -0.39 is 55.0 Å². The number of carbonyl (C=O) groups excluding carboxylic acids is 3. The Balaban J connectivity index is 1.29. The zero-order chi connectivity index (χ0) is 37.1. The van der Waals surface area contributed by atoms with Crippen molar-refractivity contribution in [2.75, 3.05) is 13.2 Å². The molecule has 1 aliphatic rings.